The van der Waals surface area contributed by atoms with Crippen molar-refractivity contribution in [3.63, 3.8) is 0 Å². The molecule has 0 radical (unpaired) electrons. The topological polar surface area (TPSA) is 33.2 Å². The number of rotatable bonds is 5. The minimum absolute atomic E-state index is 0.0420. The summed E-state index contributed by atoms with van der Waals surface area (Å²) < 4.78 is 0. The molecular weight excluding hydrogens is 315 g/mol. The highest BCUT2D eigenvalue weighted by Gasteiger charge is 2.17. The molecule has 0 aliphatic carbocycles. The summed E-state index contributed by atoms with van der Waals surface area (Å²) in [7, 11) is 1.95. The molecule has 0 bridgehead atoms. The second kappa shape index (κ2) is 6.57. The normalized spacial score (nSPS) is 12.2. The number of thiazole rings is 1. The van der Waals surface area contributed by atoms with Gasteiger partial charge in [0.2, 0.25) is 0 Å². The zero-order chi connectivity index (χ0) is 14.7. The lowest BCUT2D eigenvalue weighted by atomic mass is 10.1. The van der Waals surface area contributed by atoms with E-state index in [0.29, 0.717) is 10.7 Å². The SMILES string of the molecule is CC(c1ccc(Cl)cc1)N(C)c1nc(C(=O)CCl)cs1. The number of hydrogen-bond acceptors (Lipinski definition) is 4. The molecule has 20 heavy (non-hydrogen) atoms. The number of hydrogen-bond donors (Lipinski definition) is 0. The minimum Gasteiger partial charge on any atom is -0.344 e. The number of benzene rings is 1. The van der Waals surface area contributed by atoms with Crippen LogP contribution in [0, 0.1) is 0 Å². The van der Waals surface area contributed by atoms with Gasteiger partial charge in [0.1, 0.15) is 5.69 Å². The molecule has 6 heteroatoms. The van der Waals surface area contributed by atoms with E-state index in [-0.39, 0.29) is 17.7 Å². The maximum Gasteiger partial charge on any atom is 0.196 e. The van der Waals surface area contributed by atoms with Crippen molar-refractivity contribution in [1.82, 2.24) is 4.98 Å². The first kappa shape index (κ1) is 15.3. The second-order valence-corrected chi connectivity index (χ2v) is 5.95. The molecule has 0 aliphatic rings. The lowest BCUT2D eigenvalue weighted by Gasteiger charge is -2.24. The van der Waals surface area contributed by atoms with Crippen LogP contribution in [-0.2, 0) is 0 Å². The number of nitrogens with zero attached hydrogens (tertiary/aromatic N) is 2. The fourth-order valence-corrected chi connectivity index (χ4v) is 2.89. The Morgan fingerprint density at radius 2 is 2.05 bits per heavy atom. The molecule has 2 aromatic rings. The Balaban J connectivity index is 2.17. The van der Waals surface area contributed by atoms with Crippen molar-refractivity contribution in [2.24, 2.45) is 0 Å². The van der Waals surface area contributed by atoms with Crippen LogP contribution in [0.4, 0.5) is 5.13 Å². The third-order valence-corrected chi connectivity index (χ3v) is 4.56. The molecule has 1 aromatic carbocycles. The van der Waals surface area contributed by atoms with E-state index < -0.39 is 0 Å². The van der Waals surface area contributed by atoms with Crippen molar-refractivity contribution in [2.75, 3.05) is 17.8 Å². The van der Waals surface area contributed by atoms with Gasteiger partial charge in [-0.1, -0.05) is 23.7 Å². The van der Waals surface area contributed by atoms with Crippen molar-refractivity contribution < 1.29 is 4.79 Å². The van der Waals surface area contributed by atoms with Crippen LogP contribution in [0.2, 0.25) is 5.02 Å². The van der Waals surface area contributed by atoms with Crippen molar-refractivity contribution >= 4 is 45.5 Å². The maximum atomic E-state index is 11.5. The maximum absolute atomic E-state index is 11.5. The molecule has 3 nitrogen and oxygen atoms in total. The fraction of sp³-hybridized carbons (Fsp3) is 0.286. The van der Waals surface area contributed by atoms with Gasteiger partial charge in [0.05, 0.1) is 11.9 Å². The van der Waals surface area contributed by atoms with E-state index in [9.17, 15) is 4.79 Å². The van der Waals surface area contributed by atoms with Gasteiger partial charge in [-0.2, -0.15) is 0 Å². The summed E-state index contributed by atoms with van der Waals surface area (Å²) in [6.07, 6.45) is 0. The summed E-state index contributed by atoms with van der Waals surface area (Å²) in [6.45, 7) is 2.08. The van der Waals surface area contributed by atoms with Gasteiger partial charge in [-0.25, -0.2) is 4.98 Å². The number of alkyl halides is 1. The zero-order valence-corrected chi connectivity index (χ0v) is 13.5. The Morgan fingerprint density at radius 3 is 2.65 bits per heavy atom. The minimum atomic E-state index is -0.151. The predicted molar refractivity (Wildman–Crippen MR) is 85.4 cm³/mol. The van der Waals surface area contributed by atoms with E-state index in [4.69, 9.17) is 23.2 Å². The fourth-order valence-electron chi connectivity index (χ4n) is 1.75. The highest BCUT2D eigenvalue weighted by atomic mass is 35.5. The summed E-state index contributed by atoms with van der Waals surface area (Å²) in [6, 6.07) is 7.85. The van der Waals surface area contributed by atoms with E-state index in [1.165, 1.54) is 11.3 Å². The van der Waals surface area contributed by atoms with Crippen molar-refractivity contribution in [3.05, 3.63) is 45.9 Å². The number of aromatic nitrogens is 1. The molecule has 1 aromatic heterocycles. The van der Waals surface area contributed by atoms with Gasteiger partial charge in [-0.15, -0.1) is 22.9 Å². The largest absolute Gasteiger partial charge is 0.344 e. The molecule has 0 aliphatic heterocycles. The molecule has 1 heterocycles. The summed E-state index contributed by atoms with van der Waals surface area (Å²) in [5.74, 6) is -0.193. The Morgan fingerprint density at radius 1 is 1.40 bits per heavy atom. The van der Waals surface area contributed by atoms with Crippen LogP contribution >= 0.6 is 34.5 Å². The van der Waals surface area contributed by atoms with Crippen LogP contribution in [0.5, 0.6) is 0 Å². The Labute approximate surface area is 132 Å². The third-order valence-electron chi connectivity index (χ3n) is 3.13. The van der Waals surface area contributed by atoms with Crippen LogP contribution in [0.25, 0.3) is 0 Å². The molecule has 0 saturated heterocycles. The molecule has 0 amide bonds. The van der Waals surface area contributed by atoms with Gasteiger partial charge in [0.15, 0.2) is 10.9 Å². The Hall–Kier alpha value is -1.10. The number of carbonyl (C=O) groups is 1. The summed E-state index contributed by atoms with van der Waals surface area (Å²) in [5.41, 5.74) is 1.56. The van der Waals surface area contributed by atoms with Crippen LogP contribution in [0.15, 0.2) is 29.6 Å². The van der Waals surface area contributed by atoms with E-state index in [0.717, 1.165) is 10.7 Å². The van der Waals surface area contributed by atoms with Crippen LogP contribution in [0.1, 0.15) is 29.0 Å². The van der Waals surface area contributed by atoms with Crippen LogP contribution < -0.4 is 4.90 Å². The van der Waals surface area contributed by atoms with Gasteiger partial charge >= 0.3 is 0 Å². The lowest BCUT2D eigenvalue weighted by Crippen LogP contribution is -2.21. The van der Waals surface area contributed by atoms with Crippen LogP contribution in [-0.4, -0.2) is 23.7 Å². The predicted octanol–water partition coefficient (Wildman–Crippen LogP) is 4.42. The molecule has 1 unspecified atom stereocenters. The van der Waals surface area contributed by atoms with E-state index >= 15 is 0 Å². The monoisotopic (exact) mass is 328 g/mol. The Kier molecular flexibility index (Phi) is 5.02. The van der Waals surface area contributed by atoms with Gasteiger partial charge < -0.3 is 4.90 Å². The standard InChI is InChI=1S/C14H14Cl2N2OS/c1-9(10-3-5-11(16)6-4-10)18(2)14-17-12(8-20-14)13(19)7-15/h3-6,8-9H,7H2,1-2H3. The average Bonchev–Trinajstić information content (AvgIpc) is 2.95. The quantitative estimate of drug-likeness (QED) is 0.601. The molecule has 2 rings (SSSR count). The number of halogens is 2. The zero-order valence-electron chi connectivity index (χ0n) is 11.1. The first-order valence-corrected chi connectivity index (χ1v) is 7.85. The van der Waals surface area contributed by atoms with Crippen molar-refractivity contribution in [3.8, 4) is 0 Å². The van der Waals surface area contributed by atoms with E-state index in [1.807, 2.05) is 36.2 Å². The van der Waals surface area contributed by atoms with Gasteiger partial charge in [-0.05, 0) is 24.6 Å². The number of ketones is 1. The average molecular weight is 329 g/mol. The smallest absolute Gasteiger partial charge is 0.196 e. The first-order chi connectivity index (χ1) is 9.52. The highest BCUT2D eigenvalue weighted by Crippen LogP contribution is 2.28. The molecule has 0 N–H and O–H groups in total. The second-order valence-electron chi connectivity index (χ2n) is 4.41. The molecule has 0 spiro atoms. The molecular formula is C14H14Cl2N2OS. The summed E-state index contributed by atoms with van der Waals surface area (Å²) >= 11 is 12.9. The van der Waals surface area contributed by atoms with Gasteiger partial charge in [0, 0.05) is 17.5 Å². The third kappa shape index (κ3) is 3.32. The van der Waals surface area contributed by atoms with Crippen molar-refractivity contribution in [1.29, 1.82) is 0 Å². The molecule has 1 atom stereocenters. The summed E-state index contributed by atoms with van der Waals surface area (Å²) in [5, 5.41) is 3.25. The van der Waals surface area contributed by atoms with E-state index in [1.54, 1.807) is 5.38 Å². The number of anilines is 1. The number of Topliss-reactive ketones (excluding diaryl/α,β-unsaturated/α-hetero) is 1. The highest BCUT2D eigenvalue weighted by molar-refractivity contribution is 7.14. The lowest BCUT2D eigenvalue weighted by molar-refractivity contribution is 0.101. The van der Waals surface area contributed by atoms with E-state index in [2.05, 4.69) is 11.9 Å². The van der Waals surface area contributed by atoms with Gasteiger partial charge in [-0.3, -0.25) is 4.79 Å². The Bertz CT molecular complexity index is 597. The van der Waals surface area contributed by atoms with Gasteiger partial charge in [0.25, 0.3) is 0 Å². The number of carbonyl (C=O) groups excluding carboxylic acids is 1. The summed E-state index contributed by atoms with van der Waals surface area (Å²) in [4.78, 5) is 17.9. The molecule has 106 valence electrons. The van der Waals surface area contributed by atoms with Crippen molar-refractivity contribution in [2.45, 2.75) is 13.0 Å². The molecule has 0 saturated carbocycles. The van der Waals surface area contributed by atoms with Crippen LogP contribution in [0.3, 0.4) is 0 Å². The first-order valence-electron chi connectivity index (χ1n) is 6.06. The molecule has 0 fully saturated rings.